The van der Waals surface area contributed by atoms with E-state index in [2.05, 4.69) is 5.73 Å². The summed E-state index contributed by atoms with van der Waals surface area (Å²) in [6, 6.07) is 0. The van der Waals surface area contributed by atoms with E-state index in [0.717, 1.165) is 0 Å². The zero-order chi connectivity index (χ0) is 5.21. The minimum absolute atomic E-state index is 0. The Morgan fingerprint density at radius 3 is 1.43 bits per heavy atom. The molecule has 0 spiro atoms. The van der Waals surface area contributed by atoms with Gasteiger partial charge in [0.15, 0.2) is 0 Å². The molecule has 1 nitrogen and oxygen atoms in total. The van der Waals surface area contributed by atoms with Gasteiger partial charge in [-0.1, -0.05) is 0 Å². The maximum Gasteiger partial charge on any atom is 2.00 e. The van der Waals surface area contributed by atoms with Gasteiger partial charge < -0.3 is 5.73 Å². The largest absolute Gasteiger partial charge is 2.00 e. The Hall–Kier alpha value is 0.373. The van der Waals surface area contributed by atoms with E-state index in [4.69, 9.17) is 0 Å². The van der Waals surface area contributed by atoms with Crippen LogP contribution in [0, 0.1) is 0 Å². The first-order valence-corrected chi connectivity index (χ1v) is 1.33. The summed E-state index contributed by atoms with van der Waals surface area (Å²) in [5.74, 6) is 0. The van der Waals surface area contributed by atoms with Gasteiger partial charge in [0.2, 0.25) is 0 Å². The van der Waals surface area contributed by atoms with Gasteiger partial charge in [-0.15, -0.1) is 0 Å². The first kappa shape index (κ1) is 10.4. The summed E-state index contributed by atoms with van der Waals surface area (Å²) >= 11 is 0. The first-order chi connectivity index (χ1) is 2.56. The number of hydrogen-bond acceptors (Lipinski definition) is 1. The summed E-state index contributed by atoms with van der Waals surface area (Å²) in [5.41, 5.74) is 4.18. The monoisotopic (exact) mass is 163 g/mol. The maximum atomic E-state index is 10.7. The molecule has 0 saturated carbocycles. The van der Waals surface area contributed by atoms with E-state index < -0.39 is 12.7 Å². The molecule has 7 heavy (non-hydrogen) atoms. The van der Waals surface area contributed by atoms with E-state index in [0.29, 0.717) is 0 Å². The van der Waals surface area contributed by atoms with Gasteiger partial charge in [-0.05, 0) is 0 Å². The van der Waals surface area contributed by atoms with Crippen LogP contribution in [0.25, 0.3) is 0 Å². The molecular formula is C2H4F3NZn+2. The number of hydrogen-bond donors (Lipinski definition) is 1. The molecule has 0 heterocycles. The van der Waals surface area contributed by atoms with Crippen molar-refractivity contribution in [1.29, 1.82) is 0 Å². The Morgan fingerprint density at radius 1 is 1.29 bits per heavy atom. The molecule has 0 amide bonds. The second kappa shape index (κ2) is 3.38. The third-order valence-corrected chi connectivity index (χ3v) is 0.231. The van der Waals surface area contributed by atoms with Crippen LogP contribution in [-0.4, -0.2) is 12.7 Å². The molecule has 0 unspecified atom stereocenters. The minimum atomic E-state index is -4.18. The van der Waals surface area contributed by atoms with Crippen LogP contribution in [0.5, 0.6) is 0 Å². The van der Waals surface area contributed by atoms with E-state index in [1.165, 1.54) is 0 Å². The van der Waals surface area contributed by atoms with Gasteiger partial charge in [-0.3, -0.25) is 0 Å². The van der Waals surface area contributed by atoms with Crippen molar-refractivity contribution in [2.24, 2.45) is 5.73 Å². The topological polar surface area (TPSA) is 26.0 Å². The molecular weight excluding hydrogens is 160 g/mol. The Kier molecular flexibility index (Phi) is 5.02. The molecule has 0 aliphatic heterocycles. The number of rotatable bonds is 0. The maximum absolute atomic E-state index is 10.7. The predicted molar refractivity (Wildman–Crippen MR) is 15.1 cm³/mol. The van der Waals surface area contributed by atoms with Crippen LogP contribution >= 0.6 is 0 Å². The van der Waals surface area contributed by atoms with E-state index in [1.54, 1.807) is 0 Å². The Labute approximate surface area is 51.8 Å². The standard InChI is InChI=1S/C2H4F3N.Zn/c3-2(4,5)1-6;/h1,6H2;/q;+2. The van der Waals surface area contributed by atoms with Crippen LogP contribution in [-0.2, 0) is 19.5 Å². The third-order valence-electron chi connectivity index (χ3n) is 0.231. The van der Waals surface area contributed by atoms with Gasteiger partial charge in [-0.2, -0.15) is 13.2 Å². The molecule has 5 heteroatoms. The first-order valence-electron chi connectivity index (χ1n) is 1.33. The fourth-order valence-electron chi connectivity index (χ4n) is 0. The minimum Gasteiger partial charge on any atom is -0.323 e. The number of alkyl halides is 3. The van der Waals surface area contributed by atoms with E-state index in [9.17, 15) is 13.2 Å². The van der Waals surface area contributed by atoms with Gasteiger partial charge in [0.25, 0.3) is 0 Å². The zero-order valence-electron chi connectivity index (χ0n) is 3.63. The molecule has 0 fully saturated rings. The molecule has 0 bridgehead atoms. The molecule has 0 aromatic heterocycles. The molecule has 0 aliphatic carbocycles. The smallest absolute Gasteiger partial charge is 0.323 e. The fraction of sp³-hybridized carbons (Fsp3) is 1.00. The van der Waals surface area contributed by atoms with Gasteiger partial charge in [0.1, 0.15) is 0 Å². The van der Waals surface area contributed by atoms with E-state index in [-0.39, 0.29) is 19.5 Å². The summed E-state index contributed by atoms with van der Waals surface area (Å²) in [5, 5.41) is 0. The Bertz CT molecular complexity index is 42.7. The zero-order valence-corrected chi connectivity index (χ0v) is 6.59. The summed E-state index contributed by atoms with van der Waals surface area (Å²) < 4.78 is 32.0. The summed E-state index contributed by atoms with van der Waals surface area (Å²) in [7, 11) is 0. The van der Waals surface area contributed by atoms with Crippen LogP contribution in [0.2, 0.25) is 0 Å². The van der Waals surface area contributed by atoms with Crippen LogP contribution in [0.3, 0.4) is 0 Å². The molecule has 2 N–H and O–H groups in total. The molecule has 38 valence electrons. The third kappa shape index (κ3) is 10.7. The van der Waals surface area contributed by atoms with Crippen molar-refractivity contribution in [3.8, 4) is 0 Å². The number of halogens is 3. The Morgan fingerprint density at radius 2 is 1.43 bits per heavy atom. The Balaban J connectivity index is 0. The molecule has 0 aromatic rings. The molecule has 0 rings (SSSR count). The summed E-state index contributed by atoms with van der Waals surface area (Å²) in [6.07, 6.45) is -4.18. The van der Waals surface area contributed by atoms with Gasteiger partial charge in [-0.25, -0.2) is 0 Å². The SMILES string of the molecule is NCC(F)(F)F.[Zn+2]. The average molecular weight is 164 g/mol. The predicted octanol–water partition coefficient (Wildman–Crippen LogP) is 0.505. The van der Waals surface area contributed by atoms with Crippen molar-refractivity contribution in [1.82, 2.24) is 0 Å². The molecule has 0 aromatic carbocycles. The van der Waals surface area contributed by atoms with Crippen molar-refractivity contribution >= 4 is 0 Å². The van der Waals surface area contributed by atoms with Crippen molar-refractivity contribution < 1.29 is 32.6 Å². The fourth-order valence-corrected chi connectivity index (χ4v) is 0. The second-order valence-corrected chi connectivity index (χ2v) is 0.819. The van der Waals surface area contributed by atoms with Crippen molar-refractivity contribution in [3.63, 3.8) is 0 Å². The summed E-state index contributed by atoms with van der Waals surface area (Å²) in [6.45, 7) is -1.23. The van der Waals surface area contributed by atoms with Crippen molar-refractivity contribution in [2.45, 2.75) is 6.18 Å². The average Bonchev–Trinajstić information content (AvgIpc) is 1.35. The van der Waals surface area contributed by atoms with Gasteiger partial charge >= 0.3 is 25.7 Å². The quantitative estimate of drug-likeness (QED) is 0.519. The van der Waals surface area contributed by atoms with Crippen LogP contribution < -0.4 is 5.73 Å². The second-order valence-electron chi connectivity index (χ2n) is 0.819. The molecule has 0 aliphatic rings. The van der Waals surface area contributed by atoms with Crippen molar-refractivity contribution in [2.75, 3.05) is 6.54 Å². The number of nitrogens with two attached hydrogens (primary N) is 1. The molecule has 0 saturated heterocycles. The van der Waals surface area contributed by atoms with Gasteiger partial charge in [0, 0.05) is 0 Å². The molecule has 0 radical (unpaired) electrons. The van der Waals surface area contributed by atoms with Gasteiger partial charge in [0.05, 0.1) is 6.54 Å². The van der Waals surface area contributed by atoms with Crippen LogP contribution in [0.15, 0.2) is 0 Å². The van der Waals surface area contributed by atoms with Crippen molar-refractivity contribution in [3.05, 3.63) is 0 Å². The van der Waals surface area contributed by atoms with Crippen LogP contribution in [0.1, 0.15) is 0 Å². The normalized spacial score (nSPS) is 10.3. The summed E-state index contributed by atoms with van der Waals surface area (Å²) in [4.78, 5) is 0. The van der Waals surface area contributed by atoms with E-state index in [1.807, 2.05) is 0 Å². The van der Waals surface area contributed by atoms with Crippen LogP contribution in [0.4, 0.5) is 13.2 Å². The van der Waals surface area contributed by atoms with E-state index >= 15 is 0 Å². The molecule has 0 atom stereocenters.